The number of hydrogen-bond acceptors (Lipinski definition) is 4. The van der Waals surface area contributed by atoms with Crippen molar-refractivity contribution in [1.82, 2.24) is 9.80 Å². The summed E-state index contributed by atoms with van der Waals surface area (Å²) in [4.78, 5) is 4.67. The molecule has 1 atom stereocenters. The molecule has 1 unspecified atom stereocenters. The molecule has 2 heterocycles. The van der Waals surface area contributed by atoms with Gasteiger partial charge in [0, 0.05) is 18.8 Å². The van der Waals surface area contributed by atoms with Crippen LogP contribution in [-0.4, -0.2) is 51.3 Å². The Balaban J connectivity index is 1.78. The Morgan fingerprint density at radius 3 is 3.07 bits per heavy atom. The van der Waals surface area contributed by atoms with Gasteiger partial charge < -0.3 is 4.90 Å². The highest BCUT2D eigenvalue weighted by atomic mass is 32.2. The van der Waals surface area contributed by atoms with Crippen LogP contribution in [0.3, 0.4) is 0 Å². The van der Waals surface area contributed by atoms with Crippen molar-refractivity contribution in [3.63, 3.8) is 0 Å². The highest BCUT2D eigenvalue weighted by Crippen LogP contribution is 2.28. The van der Waals surface area contributed by atoms with E-state index in [0.29, 0.717) is 0 Å². The van der Waals surface area contributed by atoms with Gasteiger partial charge in [0.2, 0.25) is 0 Å². The van der Waals surface area contributed by atoms with Crippen molar-refractivity contribution >= 4 is 40.1 Å². The average Bonchev–Trinajstić information content (AvgIpc) is 2.64. The Morgan fingerprint density at radius 2 is 2.43 bits per heavy atom. The van der Waals surface area contributed by atoms with Gasteiger partial charge in [-0.3, -0.25) is 4.90 Å². The summed E-state index contributed by atoms with van der Waals surface area (Å²) in [5, 5.41) is 0.871. The normalized spacial score (nSPS) is 29.9. The summed E-state index contributed by atoms with van der Waals surface area (Å²) in [6.45, 7) is 2.26. The summed E-state index contributed by atoms with van der Waals surface area (Å²) >= 11 is 9.15. The number of nitrogens with zero attached hydrogens (tertiary/aromatic N) is 2. The lowest BCUT2D eigenvalue weighted by Crippen LogP contribution is -2.44. The standard InChI is InChI=1S/C9H16N2S3/c1-10-6-11(7-14-9(10)12)5-8-3-2-4-13-8/h8H,2-7H2,1H3. The van der Waals surface area contributed by atoms with Gasteiger partial charge in [0.25, 0.3) is 0 Å². The van der Waals surface area contributed by atoms with E-state index in [-0.39, 0.29) is 0 Å². The molecule has 2 aliphatic rings. The third-order valence-corrected chi connectivity index (χ3v) is 5.68. The lowest BCUT2D eigenvalue weighted by Gasteiger charge is -2.35. The maximum atomic E-state index is 5.22. The summed E-state index contributed by atoms with van der Waals surface area (Å²) in [5.74, 6) is 2.44. The minimum atomic E-state index is 0.871. The Labute approximate surface area is 99.8 Å². The molecule has 0 aromatic rings. The third kappa shape index (κ3) is 2.78. The van der Waals surface area contributed by atoms with Crippen molar-refractivity contribution in [3.8, 4) is 0 Å². The number of hydrogen-bond donors (Lipinski definition) is 0. The second kappa shape index (κ2) is 5.05. The van der Waals surface area contributed by atoms with E-state index in [2.05, 4.69) is 28.6 Å². The molecule has 0 bridgehead atoms. The molecule has 2 saturated heterocycles. The molecule has 14 heavy (non-hydrogen) atoms. The molecular weight excluding hydrogens is 232 g/mol. The van der Waals surface area contributed by atoms with Gasteiger partial charge in [-0.25, -0.2) is 0 Å². The second-order valence-corrected chi connectivity index (χ2v) is 6.85. The molecule has 0 spiro atoms. The molecular formula is C9H16N2S3. The van der Waals surface area contributed by atoms with Crippen LogP contribution in [0.5, 0.6) is 0 Å². The van der Waals surface area contributed by atoms with Crippen molar-refractivity contribution < 1.29 is 0 Å². The lowest BCUT2D eigenvalue weighted by atomic mass is 10.2. The van der Waals surface area contributed by atoms with Crippen LogP contribution in [0, 0.1) is 0 Å². The summed E-state index contributed by atoms with van der Waals surface area (Å²) < 4.78 is 1.04. The highest BCUT2D eigenvalue weighted by Gasteiger charge is 2.23. The first kappa shape index (κ1) is 11.0. The van der Waals surface area contributed by atoms with Crippen LogP contribution in [0.25, 0.3) is 0 Å². The second-order valence-electron chi connectivity index (χ2n) is 3.87. The zero-order valence-corrected chi connectivity index (χ0v) is 10.9. The first-order valence-corrected chi connectivity index (χ1v) is 7.42. The molecule has 5 heteroatoms. The molecule has 0 aromatic carbocycles. The van der Waals surface area contributed by atoms with Crippen LogP contribution in [0.2, 0.25) is 0 Å². The first-order chi connectivity index (χ1) is 6.75. The van der Waals surface area contributed by atoms with E-state index in [1.165, 1.54) is 25.1 Å². The van der Waals surface area contributed by atoms with Crippen LogP contribution in [-0.2, 0) is 0 Å². The monoisotopic (exact) mass is 248 g/mol. The van der Waals surface area contributed by atoms with Gasteiger partial charge in [0.15, 0.2) is 0 Å². The summed E-state index contributed by atoms with van der Waals surface area (Å²) in [7, 11) is 2.09. The number of thiocarbonyl (C=S) groups is 1. The minimum absolute atomic E-state index is 0.871. The quantitative estimate of drug-likeness (QED) is 0.688. The fourth-order valence-electron chi connectivity index (χ4n) is 1.84. The molecule has 2 nitrogen and oxygen atoms in total. The molecule has 0 N–H and O–H groups in total. The van der Waals surface area contributed by atoms with Gasteiger partial charge in [-0.05, 0) is 18.6 Å². The van der Waals surface area contributed by atoms with Crippen molar-refractivity contribution in [2.24, 2.45) is 0 Å². The summed E-state index contributed by atoms with van der Waals surface area (Å²) in [5.41, 5.74) is 0. The van der Waals surface area contributed by atoms with Gasteiger partial charge in [0.1, 0.15) is 4.32 Å². The summed E-state index contributed by atoms with van der Waals surface area (Å²) in [6, 6.07) is 0. The maximum Gasteiger partial charge on any atom is 0.138 e. The molecule has 0 radical (unpaired) electrons. The van der Waals surface area contributed by atoms with Gasteiger partial charge >= 0.3 is 0 Å². The molecule has 0 aliphatic carbocycles. The van der Waals surface area contributed by atoms with E-state index < -0.39 is 0 Å². The molecule has 0 amide bonds. The van der Waals surface area contributed by atoms with E-state index in [4.69, 9.17) is 12.2 Å². The molecule has 2 rings (SSSR count). The summed E-state index contributed by atoms with van der Waals surface area (Å²) in [6.07, 6.45) is 2.81. The maximum absolute atomic E-state index is 5.22. The van der Waals surface area contributed by atoms with Gasteiger partial charge in [0.05, 0.1) is 12.5 Å². The molecule has 0 saturated carbocycles. The van der Waals surface area contributed by atoms with Crippen molar-refractivity contribution in [2.45, 2.75) is 18.1 Å². The van der Waals surface area contributed by atoms with E-state index in [0.717, 1.165) is 22.1 Å². The lowest BCUT2D eigenvalue weighted by molar-refractivity contribution is 0.233. The Hall–Kier alpha value is 0.550. The zero-order valence-electron chi connectivity index (χ0n) is 8.44. The van der Waals surface area contributed by atoms with Crippen LogP contribution >= 0.6 is 35.7 Å². The van der Waals surface area contributed by atoms with E-state index in [1.807, 2.05) is 0 Å². The van der Waals surface area contributed by atoms with Gasteiger partial charge in [-0.15, -0.1) is 0 Å². The Kier molecular flexibility index (Phi) is 3.99. The number of rotatable bonds is 2. The smallest absolute Gasteiger partial charge is 0.138 e. The topological polar surface area (TPSA) is 6.48 Å². The van der Waals surface area contributed by atoms with Crippen LogP contribution in [0.1, 0.15) is 12.8 Å². The molecule has 0 aromatic heterocycles. The van der Waals surface area contributed by atoms with Crippen LogP contribution in [0.15, 0.2) is 0 Å². The van der Waals surface area contributed by atoms with Gasteiger partial charge in [-0.1, -0.05) is 24.0 Å². The van der Waals surface area contributed by atoms with Crippen LogP contribution in [0.4, 0.5) is 0 Å². The fourth-order valence-corrected chi connectivity index (χ4v) is 4.13. The van der Waals surface area contributed by atoms with Crippen molar-refractivity contribution in [3.05, 3.63) is 0 Å². The predicted octanol–water partition coefficient (Wildman–Crippen LogP) is 2.06. The Morgan fingerprint density at radius 1 is 1.57 bits per heavy atom. The van der Waals surface area contributed by atoms with E-state index >= 15 is 0 Å². The average molecular weight is 248 g/mol. The highest BCUT2D eigenvalue weighted by molar-refractivity contribution is 8.22. The van der Waals surface area contributed by atoms with E-state index in [9.17, 15) is 0 Å². The Bertz CT molecular complexity index is 216. The van der Waals surface area contributed by atoms with Crippen LogP contribution < -0.4 is 0 Å². The van der Waals surface area contributed by atoms with Crippen molar-refractivity contribution in [1.29, 1.82) is 0 Å². The largest absolute Gasteiger partial charge is 0.348 e. The number of thioether (sulfide) groups is 2. The third-order valence-electron chi connectivity index (χ3n) is 2.58. The SMILES string of the molecule is CN1CN(CC2CCCS2)CSC1=S. The van der Waals surface area contributed by atoms with E-state index in [1.54, 1.807) is 11.8 Å². The molecule has 2 aliphatic heterocycles. The molecule has 80 valence electrons. The fraction of sp³-hybridized carbons (Fsp3) is 0.889. The zero-order chi connectivity index (χ0) is 9.97. The molecule has 2 fully saturated rings. The predicted molar refractivity (Wildman–Crippen MR) is 69.9 cm³/mol. The minimum Gasteiger partial charge on any atom is -0.348 e. The van der Waals surface area contributed by atoms with Gasteiger partial charge in [-0.2, -0.15) is 11.8 Å². The van der Waals surface area contributed by atoms with Crippen molar-refractivity contribution in [2.75, 3.05) is 31.9 Å². The first-order valence-electron chi connectivity index (χ1n) is 4.97.